The number of hydrogen-bond donors (Lipinski definition) is 1. The summed E-state index contributed by atoms with van der Waals surface area (Å²) in [6, 6.07) is 18.5. The first-order valence-electron chi connectivity index (χ1n) is 8.70. The number of thiocarbonyl (C=S) groups is 1. The minimum Gasteiger partial charge on any atom is -0.465 e. The highest BCUT2D eigenvalue weighted by Crippen LogP contribution is 2.14. The maximum atomic E-state index is 11.6. The third-order valence-corrected chi connectivity index (χ3v) is 4.36. The van der Waals surface area contributed by atoms with Crippen LogP contribution in [0.2, 0.25) is 0 Å². The van der Waals surface area contributed by atoms with Gasteiger partial charge in [-0.25, -0.2) is 4.79 Å². The Morgan fingerprint density at radius 1 is 0.964 bits per heavy atom. The summed E-state index contributed by atoms with van der Waals surface area (Å²) in [4.78, 5) is 22.3. The monoisotopic (exact) mass is 392 g/mol. The van der Waals surface area contributed by atoms with E-state index in [0.29, 0.717) is 23.8 Å². The molecule has 0 atom stereocenters. The molecule has 0 fully saturated rings. The smallest absolute Gasteiger partial charge is 0.337 e. The van der Waals surface area contributed by atoms with Gasteiger partial charge < -0.3 is 15.0 Å². The molecule has 0 saturated heterocycles. The number of nitrogens with zero attached hydrogens (tertiary/aromatic N) is 3. The van der Waals surface area contributed by atoms with E-state index in [0.717, 1.165) is 17.1 Å². The molecule has 2 aromatic heterocycles. The molecule has 3 aromatic rings. The Kier molecular flexibility index (Phi) is 6.64. The lowest BCUT2D eigenvalue weighted by atomic mass is 10.2. The predicted molar refractivity (Wildman–Crippen MR) is 112 cm³/mol. The summed E-state index contributed by atoms with van der Waals surface area (Å²) < 4.78 is 4.72. The van der Waals surface area contributed by atoms with Gasteiger partial charge in [0, 0.05) is 18.1 Å². The fraction of sp³-hybridized carbons (Fsp3) is 0.143. The fourth-order valence-corrected chi connectivity index (χ4v) is 2.83. The molecule has 1 aromatic carbocycles. The van der Waals surface area contributed by atoms with E-state index in [1.165, 1.54) is 7.11 Å². The molecule has 6 nitrogen and oxygen atoms in total. The maximum Gasteiger partial charge on any atom is 0.337 e. The van der Waals surface area contributed by atoms with Crippen molar-refractivity contribution in [1.82, 2.24) is 14.9 Å². The van der Waals surface area contributed by atoms with Crippen molar-refractivity contribution in [2.75, 3.05) is 12.4 Å². The van der Waals surface area contributed by atoms with Crippen molar-refractivity contribution in [2.45, 2.75) is 13.1 Å². The van der Waals surface area contributed by atoms with E-state index in [2.05, 4.69) is 15.3 Å². The summed E-state index contributed by atoms with van der Waals surface area (Å²) in [5.74, 6) is -0.374. The molecular formula is C21H20N4O2S. The van der Waals surface area contributed by atoms with Gasteiger partial charge in [-0.1, -0.05) is 12.1 Å². The maximum absolute atomic E-state index is 11.6. The van der Waals surface area contributed by atoms with Crippen molar-refractivity contribution in [3.8, 4) is 0 Å². The highest BCUT2D eigenvalue weighted by molar-refractivity contribution is 7.80. The van der Waals surface area contributed by atoms with Crippen LogP contribution in [0.4, 0.5) is 5.69 Å². The molecule has 0 radical (unpaired) electrons. The molecule has 0 unspecified atom stereocenters. The summed E-state index contributed by atoms with van der Waals surface area (Å²) in [7, 11) is 1.36. The highest BCUT2D eigenvalue weighted by Gasteiger charge is 2.13. The quantitative estimate of drug-likeness (QED) is 0.507. The van der Waals surface area contributed by atoms with Crippen LogP contribution in [-0.2, 0) is 17.8 Å². The Hall–Kier alpha value is -3.32. The lowest BCUT2D eigenvalue weighted by molar-refractivity contribution is 0.0601. The molecule has 3 rings (SSSR count). The Labute approximate surface area is 169 Å². The summed E-state index contributed by atoms with van der Waals surface area (Å²) >= 11 is 5.63. The molecule has 28 heavy (non-hydrogen) atoms. The molecule has 0 bridgehead atoms. The van der Waals surface area contributed by atoms with Gasteiger partial charge in [0.15, 0.2) is 5.11 Å². The molecule has 1 N–H and O–H groups in total. The van der Waals surface area contributed by atoms with E-state index in [1.807, 2.05) is 41.3 Å². The second-order valence-corrected chi connectivity index (χ2v) is 6.38. The van der Waals surface area contributed by atoms with Crippen LogP contribution < -0.4 is 5.32 Å². The Morgan fingerprint density at radius 2 is 1.54 bits per heavy atom. The third kappa shape index (κ3) is 5.34. The topological polar surface area (TPSA) is 67.3 Å². The third-order valence-electron chi connectivity index (χ3n) is 4.00. The number of nitrogens with one attached hydrogen (secondary N) is 1. The number of methoxy groups -OCH3 is 1. The molecule has 142 valence electrons. The lowest BCUT2D eigenvalue weighted by Gasteiger charge is -2.25. The Balaban J connectivity index is 1.74. The normalized spacial score (nSPS) is 10.2. The number of rotatable bonds is 6. The van der Waals surface area contributed by atoms with Gasteiger partial charge in [-0.3, -0.25) is 9.97 Å². The minimum absolute atomic E-state index is 0.374. The van der Waals surface area contributed by atoms with Crippen LogP contribution in [0.25, 0.3) is 0 Å². The van der Waals surface area contributed by atoms with Crippen molar-refractivity contribution < 1.29 is 9.53 Å². The van der Waals surface area contributed by atoms with Gasteiger partial charge in [-0.15, -0.1) is 0 Å². The number of carbonyl (C=O) groups excluding carboxylic acids is 1. The van der Waals surface area contributed by atoms with Crippen LogP contribution >= 0.6 is 12.2 Å². The second kappa shape index (κ2) is 9.57. The summed E-state index contributed by atoms with van der Waals surface area (Å²) in [6.45, 7) is 1.09. The van der Waals surface area contributed by atoms with Gasteiger partial charge in [-0.2, -0.15) is 0 Å². The van der Waals surface area contributed by atoms with Gasteiger partial charge in [0.2, 0.25) is 0 Å². The van der Waals surface area contributed by atoms with Crippen LogP contribution in [-0.4, -0.2) is 33.1 Å². The zero-order chi connectivity index (χ0) is 19.8. The number of pyridine rings is 2. The first-order chi connectivity index (χ1) is 13.7. The van der Waals surface area contributed by atoms with Gasteiger partial charge in [0.1, 0.15) is 0 Å². The summed E-state index contributed by atoms with van der Waals surface area (Å²) in [6.07, 6.45) is 3.52. The molecule has 0 saturated carbocycles. The van der Waals surface area contributed by atoms with Gasteiger partial charge in [0.25, 0.3) is 0 Å². The number of carbonyl (C=O) groups is 1. The van der Waals surface area contributed by atoms with Crippen LogP contribution in [0.5, 0.6) is 0 Å². The van der Waals surface area contributed by atoms with Gasteiger partial charge in [-0.05, 0) is 60.7 Å². The second-order valence-electron chi connectivity index (χ2n) is 6.00. The van der Waals surface area contributed by atoms with E-state index < -0.39 is 0 Å². The standard InChI is InChI=1S/C21H20N4O2S/c1-27-20(26)16-8-10-17(11-9-16)24-21(28)25(14-18-6-2-4-12-22-18)15-19-7-3-5-13-23-19/h2-13H,14-15H2,1H3,(H,24,28). The number of esters is 1. The van der Waals surface area contributed by atoms with Crippen LogP contribution in [0.15, 0.2) is 73.1 Å². The average Bonchev–Trinajstić information content (AvgIpc) is 2.74. The molecule has 7 heteroatoms. The van der Waals surface area contributed by atoms with Crippen molar-refractivity contribution in [1.29, 1.82) is 0 Å². The SMILES string of the molecule is COC(=O)c1ccc(NC(=S)N(Cc2ccccn2)Cc2ccccn2)cc1. The zero-order valence-corrected chi connectivity index (χ0v) is 16.2. The molecule has 0 aliphatic heterocycles. The van der Waals surface area contributed by atoms with Gasteiger partial charge in [0.05, 0.1) is 37.2 Å². The summed E-state index contributed by atoms with van der Waals surface area (Å²) in [5, 5.41) is 3.76. The van der Waals surface area contributed by atoms with E-state index in [4.69, 9.17) is 17.0 Å². The number of anilines is 1. The molecule has 0 aliphatic rings. The largest absolute Gasteiger partial charge is 0.465 e. The Bertz CT molecular complexity index is 877. The van der Waals surface area contributed by atoms with Gasteiger partial charge >= 0.3 is 5.97 Å². The fourth-order valence-electron chi connectivity index (χ4n) is 2.58. The Morgan fingerprint density at radius 3 is 2.00 bits per heavy atom. The van der Waals surface area contributed by atoms with Crippen molar-refractivity contribution in [3.63, 3.8) is 0 Å². The van der Waals surface area contributed by atoms with Crippen LogP contribution in [0, 0.1) is 0 Å². The highest BCUT2D eigenvalue weighted by atomic mass is 32.1. The van der Waals surface area contributed by atoms with Crippen molar-refractivity contribution in [2.24, 2.45) is 0 Å². The van der Waals surface area contributed by atoms with E-state index >= 15 is 0 Å². The predicted octanol–water partition coefficient (Wildman–Crippen LogP) is 3.66. The molecular weight excluding hydrogens is 372 g/mol. The molecule has 0 aliphatic carbocycles. The summed E-state index contributed by atoms with van der Waals surface area (Å²) in [5.41, 5.74) is 3.08. The number of ether oxygens (including phenoxy) is 1. The zero-order valence-electron chi connectivity index (χ0n) is 15.4. The first-order valence-corrected chi connectivity index (χ1v) is 9.10. The number of aromatic nitrogens is 2. The van der Waals surface area contributed by atoms with Crippen molar-refractivity contribution >= 4 is 29.0 Å². The average molecular weight is 392 g/mol. The van der Waals surface area contributed by atoms with Crippen LogP contribution in [0.1, 0.15) is 21.7 Å². The molecule has 0 amide bonds. The lowest BCUT2D eigenvalue weighted by Crippen LogP contribution is -2.34. The molecule has 2 heterocycles. The minimum atomic E-state index is -0.374. The number of hydrogen-bond acceptors (Lipinski definition) is 5. The van der Waals surface area contributed by atoms with E-state index in [-0.39, 0.29) is 5.97 Å². The van der Waals surface area contributed by atoms with E-state index in [9.17, 15) is 4.79 Å². The molecule has 0 spiro atoms. The van der Waals surface area contributed by atoms with Crippen molar-refractivity contribution in [3.05, 3.63) is 90.0 Å². The van der Waals surface area contributed by atoms with Crippen LogP contribution in [0.3, 0.4) is 0 Å². The number of benzene rings is 1. The van der Waals surface area contributed by atoms with E-state index in [1.54, 1.807) is 36.7 Å². The first kappa shape index (κ1) is 19.4.